The molecule has 1 saturated carbocycles. The quantitative estimate of drug-likeness (QED) is 0.470. The van der Waals surface area contributed by atoms with Crippen molar-refractivity contribution in [3.05, 3.63) is 94.5 Å². The number of hydrogen-bond acceptors (Lipinski definition) is 4. The normalized spacial score (nSPS) is 18.4. The maximum atomic E-state index is 13.8. The van der Waals surface area contributed by atoms with E-state index in [-0.39, 0.29) is 29.5 Å². The Kier molecular flexibility index (Phi) is 5.17. The molecule has 6 nitrogen and oxygen atoms in total. The second-order valence-corrected chi connectivity index (χ2v) is 9.33. The molecule has 6 heteroatoms. The third-order valence-electron chi connectivity index (χ3n) is 7.15. The lowest BCUT2D eigenvalue weighted by atomic mass is 10.0. The number of carbonyl (C=O) groups is 3. The minimum Gasteiger partial charge on any atom is -0.494 e. The van der Waals surface area contributed by atoms with Gasteiger partial charge in [-0.15, -0.1) is 0 Å². The van der Waals surface area contributed by atoms with Crippen LogP contribution in [0.5, 0.6) is 5.75 Å². The summed E-state index contributed by atoms with van der Waals surface area (Å²) < 4.78 is 5.46. The van der Waals surface area contributed by atoms with Gasteiger partial charge in [-0.25, -0.2) is 4.90 Å². The van der Waals surface area contributed by atoms with Crippen LogP contribution in [0.25, 0.3) is 0 Å². The first-order chi connectivity index (χ1) is 17.1. The predicted octanol–water partition coefficient (Wildman–Crippen LogP) is 5.18. The van der Waals surface area contributed by atoms with Crippen molar-refractivity contribution >= 4 is 23.4 Å². The molecule has 3 aromatic rings. The molecule has 3 aromatic carbocycles. The summed E-state index contributed by atoms with van der Waals surface area (Å²) in [6.07, 6.45) is 3.87. The minimum atomic E-state index is -0.409. The van der Waals surface area contributed by atoms with Crippen LogP contribution in [0.1, 0.15) is 74.4 Å². The first-order valence-electron chi connectivity index (χ1n) is 12.2. The molecule has 1 aliphatic heterocycles. The lowest BCUT2D eigenvalue weighted by Gasteiger charge is -2.30. The number of benzene rings is 3. The molecular weight excluding hydrogens is 440 g/mol. The van der Waals surface area contributed by atoms with Gasteiger partial charge in [-0.2, -0.15) is 0 Å². The molecule has 6 rings (SSSR count). The van der Waals surface area contributed by atoms with Gasteiger partial charge < -0.3 is 9.64 Å². The largest absolute Gasteiger partial charge is 0.494 e. The zero-order chi connectivity index (χ0) is 24.1. The molecule has 0 bridgehead atoms. The van der Waals surface area contributed by atoms with E-state index in [0.717, 1.165) is 25.7 Å². The number of ether oxygens (including phenoxy) is 1. The Morgan fingerprint density at radius 3 is 2.43 bits per heavy atom. The average Bonchev–Trinajstić information content (AvgIpc) is 3.58. The summed E-state index contributed by atoms with van der Waals surface area (Å²) in [5.41, 5.74) is 4.06. The molecular formula is C29H26N2O4. The van der Waals surface area contributed by atoms with Gasteiger partial charge in [0.2, 0.25) is 0 Å². The second-order valence-electron chi connectivity index (χ2n) is 9.33. The SMILES string of the molecule is CCOc1ccc(N2C(=O)c3ccc(C(=O)N(C4CC4)C4CCc5ccccc54)cc3C2=O)cc1. The highest BCUT2D eigenvalue weighted by Crippen LogP contribution is 2.43. The van der Waals surface area contributed by atoms with Crippen molar-refractivity contribution in [3.8, 4) is 5.75 Å². The van der Waals surface area contributed by atoms with Crippen molar-refractivity contribution in [1.82, 2.24) is 4.90 Å². The number of aryl methyl sites for hydroxylation is 1. The summed E-state index contributed by atoms with van der Waals surface area (Å²) in [6.45, 7) is 2.43. The van der Waals surface area contributed by atoms with Gasteiger partial charge in [-0.1, -0.05) is 24.3 Å². The van der Waals surface area contributed by atoms with Crippen molar-refractivity contribution < 1.29 is 19.1 Å². The van der Waals surface area contributed by atoms with Gasteiger partial charge in [0.15, 0.2) is 0 Å². The Balaban J connectivity index is 1.30. The fourth-order valence-corrected chi connectivity index (χ4v) is 5.35. The first-order valence-corrected chi connectivity index (χ1v) is 12.2. The summed E-state index contributed by atoms with van der Waals surface area (Å²) in [5.74, 6) is -0.184. The van der Waals surface area contributed by atoms with Gasteiger partial charge in [0, 0.05) is 11.6 Å². The topological polar surface area (TPSA) is 66.9 Å². The Bertz CT molecular complexity index is 1340. The molecule has 0 radical (unpaired) electrons. The molecule has 35 heavy (non-hydrogen) atoms. The molecule has 0 aromatic heterocycles. The van der Waals surface area contributed by atoms with Crippen LogP contribution in [0.3, 0.4) is 0 Å². The van der Waals surface area contributed by atoms with Gasteiger partial charge in [-0.3, -0.25) is 14.4 Å². The van der Waals surface area contributed by atoms with Gasteiger partial charge in [-0.05, 0) is 86.2 Å². The summed E-state index contributed by atoms with van der Waals surface area (Å²) >= 11 is 0. The molecule has 3 aliphatic rings. The Morgan fingerprint density at radius 2 is 1.69 bits per heavy atom. The third-order valence-corrected chi connectivity index (χ3v) is 7.15. The van der Waals surface area contributed by atoms with E-state index in [9.17, 15) is 14.4 Å². The van der Waals surface area contributed by atoms with Gasteiger partial charge >= 0.3 is 0 Å². The van der Waals surface area contributed by atoms with E-state index in [1.165, 1.54) is 16.0 Å². The van der Waals surface area contributed by atoms with Crippen LogP contribution in [-0.2, 0) is 6.42 Å². The van der Waals surface area contributed by atoms with E-state index in [4.69, 9.17) is 4.74 Å². The Labute approximate surface area is 204 Å². The van der Waals surface area contributed by atoms with Crippen LogP contribution in [-0.4, -0.2) is 35.3 Å². The van der Waals surface area contributed by atoms with E-state index in [0.29, 0.717) is 29.2 Å². The summed E-state index contributed by atoms with van der Waals surface area (Å²) in [6, 6.07) is 20.4. The zero-order valence-corrected chi connectivity index (χ0v) is 19.6. The number of hydrogen-bond donors (Lipinski definition) is 0. The fourth-order valence-electron chi connectivity index (χ4n) is 5.35. The summed E-state index contributed by atoms with van der Waals surface area (Å²) in [4.78, 5) is 43.3. The number of amides is 3. The molecule has 1 fully saturated rings. The lowest BCUT2D eigenvalue weighted by molar-refractivity contribution is 0.0657. The number of anilines is 1. The van der Waals surface area contributed by atoms with E-state index >= 15 is 0 Å². The molecule has 1 heterocycles. The van der Waals surface area contributed by atoms with E-state index in [1.807, 2.05) is 24.0 Å². The second kappa shape index (κ2) is 8.38. The monoisotopic (exact) mass is 466 g/mol. The van der Waals surface area contributed by atoms with E-state index in [2.05, 4.69) is 12.1 Å². The minimum absolute atomic E-state index is 0.0529. The van der Waals surface area contributed by atoms with E-state index in [1.54, 1.807) is 42.5 Å². The fraction of sp³-hybridized carbons (Fsp3) is 0.276. The molecule has 1 atom stereocenters. The smallest absolute Gasteiger partial charge is 0.266 e. The van der Waals surface area contributed by atoms with E-state index < -0.39 is 5.91 Å². The highest BCUT2D eigenvalue weighted by atomic mass is 16.5. The van der Waals surface area contributed by atoms with Crippen molar-refractivity contribution in [3.63, 3.8) is 0 Å². The maximum absolute atomic E-state index is 13.8. The van der Waals surface area contributed by atoms with Crippen LogP contribution in [0.2, 0.25) is 0 Å². The zero-order valence-electron chi connectivity index (χ0n) is 19.6. The van der Waals surface area contributed by atoms with Crippen molar-refractivity contribution in [2.45, 2.75) is 44.7 Å². The van der Waals surface area contributed by atoms with Crippen LogP contribution >= 0.6 is 0 Å². The number of nitrogens with zero attached hydrogens (tertiary/aromatic N) is 2. The van der Waals surface area contributed by atoms with Gasteiger partial charge in [0.05, 0.1) is 29.5 Å². The molecule has 0 saturated heterocycles. The van der Waals surface area contributed by atoms with Crippen molar-refractivity contribution in [2.75, 3.05) is 11.5 Å². The highest BCUT2D eigenvalue weighted by Gasteiger charge is 2.42. The lowest BCUT2D eigenvalue weighted by Crippen LogP contribution is -2.36. The van der Waals surface area contributed by atoms with Crippen LogP contribution < -0.4 is 9.64 Å². The molecule has 0 spiro atoms. The molecule has 1 unspecified atom stereocenters. The molecule has 176 valence electrons. The number of fused-ring (bicyclic) bond motifs is 2. The van der Waals surface area contributed by atoms with Crippen molar-refractivity contribution in [2.24, 2.45) is 0 Å². The average molecular weight is 467 g/mol. The standard InChI is InChI=1S/C29H26N2O4/c1-2-35-22-13-11-21(12-14-22)31-28(33)24-15-7-19(17-25(24)29(31)34)27(32)30(20-9-10-20)26-16-8-18-5-3-4-6-23(18)26/h3-7,11-15,17,20,26H,2,8-10,16H2,1H3. The third kappa shape index (κ3) is 3.60. The summed E-state index contributed by atoms with van der Waals surface area (Å²) in [5, 5.41) is 0. The number of imide groups is 1. The molecule has 3 amide bonds. The summed E-state index contributed by atoms with van der Waals surface area (Å²) in [7, 11) is 0. The van der Waals surface area contributed by atoms with Crippen LogP contribution in [0.4, 0.5) is 5.69 Å². The van der Waals surface area contributed by atoms with Crippen molar-refractivity contribution in [1.29, 1.82) is 0 Å². The number of carbonyl (C=O) groups excluding carboxylic acids is 3. The van der Waals surface area contributed by atoms with Gasteiger partial charge in [0.25, 0.3) is 17.7 Å². The number of rotatable bonds is 6. The van der Waals surface area contributed by atoms with Crippen LogP contribution in [0.15, 0.2) is 66.7 Å². The first kappa shape index (κ1) is 21.6. The highest BCUT2D eigenvalue weighted by molar-refractivity contribution is 6.34. The Hall–Kier alpha value is -3.93. The molecule has 0 N–H and O–H groups in total. The molecule has 2 aliphatic carbocycles. The Morgan fingerprint density at radius 1 is 0.943 bits per heavy atom. The predicted molar refractivity (Wildman–Crippen MR) is 132 cm³/mol. The van der Waals surface area contributed by atoms with Gasteiger partial charge in [0.1, 0.15) is 5.75 Å². The van der Waals surface area contributed by atoms with Crippen LogP contribution in [0, 0.1) is 0 Å². The maximum Gasteiger partial charge on any atom is 0.266 e.